The molecule has 0 spiro atoms. The van der Waals surface area contributed by atoms with Crippen LogP contribution in [-0.4, -0.2) is 24.5 Å². The van der Waals surface area contributed by atoms with Crippen LogP contribution in [-0.2, 0) is 9.53 Å². The van der Waals surface area contributed by atoms with E-state index in [1.807, 2.05) is 0 Å². The molecule has 1 amide bonds. The molecule has 1 heterocycles. The van der Waals surface area contributed by atoms with Crippen molar-refractivity contribution in [1.29, 1.82) is 0 Å². The number of methoxy groups -OCH3 is 1. The third-order valence-electron chi connectivity index (χ3n) is 1.41. The van der Waals surface area contributed by atoms with Crippen LogP contribution in [0, 0.1) is 0 Å². The third kappa shape index (κ3) is 2.25. The minimum atomic E-state index is -0.232. The van der Waals surface area contributed by atoms with Crippen molar-refractivity contribution in [1.82, 2.24) is 5.32 Å². The second kappa shape index (κ2) is 3.96. The number of carbonyl (C=O) groups is 1. The summed E-state index contributed by atoms with van der Waals surface area (Å²) in [5.41, 5.74) is 0. The summed E-state index contributed by atoms with van der Waals surface area (Å²) in [6, 6.07) is 0. The first kappa shape index (κ1) is 9.61. The predicted octanol–water partition coefficient (Wildman–Crippen LogP) is 1.11. The monoisotopic (exact) mass is 187 g/mol. The van der Waals surface area contributed by atoms with Gasteiger partial charge in [-0.05, 0) is 0 Å². The molecule has 0 fully saturated rings. The average molecular weight is 187 g/mol. The quantitative estimate of drug-likeness (QED) is 0.719. The highest BCUT2D eigenvalue weighted by Crippen LogP contribution is 2.27. The van der Waals surface area contributed by atoms with Crippen LogP contribution in [0.15, 0.2) is 11.0 Å². The smallest absolute Gasteiger partial charge is 0.247 e. The Morgan fingerprint density at radius 1 is 1.67 bits per heavy atom. The molecule has 0 aromatic heterocycles. The summed E-state index contributed by atoms with van der Waals surface area (Å²) in [5.74, 6) is -0.0648. The lowest BCUT2D eigenvalue weighted by Crippen LogP contribution is -2.29. The summed E-state index contributed by atoms with van der Waals surface area (Å²) in [4.78, 5) is 11.9. The molecule has 0 aliphatic carbocycles. The maximum absolute atomic E-state index is 10.9. The topological polar surface area (TPSA) is 38.3 Å². The molecule has 1 rings (SSSR count). The van der Waals surface area contributed by atoms with E-state index in [1.165, 1.54) is 0 Å². The Balaban J connectivity index is 2.60. The lowest BCUT2D eigenvalue weighted by Gasteiger charge is -2.13. The Bertz CT molecular complexity index is 213. The zero-order chi connectivity index (χ0) is 9.14. The molecule has 4 heteroatoms. The Labute approximate surface area is 76.5 Å². The number of rotatable bonds is 3. The summed E-state index contributed by atoms with van der Waals surface area (Å²) >= 11 is 1.65. The molecule has 0 bridgehead atoms. The Hall–Kier alpha value is -0.480. The number of nitrogens with one attached hydrogen (secondary N) is 1. The lowest BCUT2D eigenvalue weighted by atomic mass is 10.5. The van der Waals surface area contributed by atoms with Crippen LogP contribution in [0.5, 0.6) is 0 Å². The number of hydrogen-bond acceptors (Lipinski definition) is 3. The number of thioether (sulfide) groups is 1. The summed E-state index contributed by atoms with van der Waals surface area (Å²) < 4.78 is 5.07. The van der Waals surface area contributed by atoms with Crippen LogP contribution in [0.3, 0.4) is 0 Å². The fourth-order valence-corrected chi connectivity index (χ4v) is 1.99. The molecule has 0 aromatic carbocycles. The summed E-state index contributed by atoms with van der Waals surface area (Å²) in [6.45, 7) is 4.17. The van der Waals surface area contributed by atoms with E-state index < -0.39 is 0 Å². The molecule has 0 radical (unpaired) electrons. The van der Waals surface area contributed by atoms with Crippen LogP contribution >= 0.6 is 11.8 Å². The van der Waals surface area contributed by atoms with Gasteiger partial charge in [-0.25, -0.2) is 0 Å². The first-order valence-corrected chi connectivity index (χ1v) is 4.73. The molecule has 1 unspecified atom stereocenters. The van der Waals surface area contributed by atoms with Gasteiger partial charge in [0.25, 0.3) is 0 Å². The predicted molar refractivity (Wildman–Crippen MR) is 49.7 cm³/mol. The Kier molecular flexibility index (Phi) is 3.17. The number of carbonyl (C=O) groups excluding carboxylic acids is 1. The van der Waals surface area contributed by atoms with E-state index in [0.29, 0.717) is 5.25 Å². The van der Waals surface area contributed by atoms with E-state index in [-0.39, 0.29) is 12.1 Å². The molecule has 3 nitrogen and oxygen atoms in total. The largest absolute Gasteiger partial charge is 0.357 e. The zero-order valence-electron chi connectivity index (χ0n) is 7.46. The normalized spacial score (nSPS) is 22.8. The van der Waals surface area contributed by atoms with Gasteiger partial charge in [0.05, 0.1) is 0 Å². The molecule has 68 valence electrons. The second-order valence-corrected chi connectivity index (χ2v) is 4.49. The van der Waals surface area contributed by atoms with E-state index in [0.717, 1.165) is 4.91 Å². The number of amides is 1. The van der Waals surface area contributed by atoms with E-state index in [4.69, 9.17) is 4.74 Å². The van der Waals surface area contributed by atoms with Crippen molar-refractivity contribution in [2.24, 2.45) is 0 Å². The molecule has 1 atom stereocenters. The van der Waals surface area contributed by atoms with Crippen molar-refractivity contribution in [2.45, 2.75) is 25.3 Å². The fourth-order valence-electron chi connectivity index (χ4n) is 0.990. The summed E-state index contributed by atoms with van der Waals surface area (Å²) in [6.07, 6.45) is 1.36. The molecule has 1 aliphatic rings. The van der Waals surface area contributed by atoms with Gasteiger partial charge in [0, 0.05) is 23.3 Å². The molecule has 12 heavy (non-hydrogen) atoms. The molecular formula is C8H13NO2S. The zero-order valence-corrected chi connectivity index (χ0v) is 8.27. The lowest BCUT2D eigenvalue weighted by molar-refractivity contribution is -0.117. The van der Waals surface area contributed by atoms with E-state index >= 15 is 0 Å². The van der Waals surface area contributed by atoms with Crippen LogP contribution in [0.4, 0.5) is 0 Å². The van der Waals surface area contributed by atoms with Crippen LogP contribution in [0.25, 0.3) is 0 Å². The number of hydrogen-bond donors (Lipinski definition) is 1. The first-order valence-electron chi connectivity index (χ1n) is 3.85. The van der Waals surface area contributed by atoms with Crippen molar-refractivity contribution in [2.75, 3.05) is 7.11 Å². The maximum Gasteiger partial charge on any atom is 0.247 e. The van der Waals surface area contributed by atoms with Crippen molar-refractivity contribution >= 4 is 17.7 Å². The van der Waals surface area contributed by atoms with Crippen LogP contribution in [0.2, 0.25) is 0 Å². The van der Waals surface area contributed by atoms with Crippen molar-refractivity contribution in [3.8, 4) is 0 Å². The van der Waals surface area contributed by atoms with Crippen LogP contribution in [0.1, 0.15) is 13.8 Å². The molecule has 0 saturated carbocycles. The first-order chi connectivity index (χ1) is 5.63. The highest BCUT2D eigenvalue weighted by molar-refractivity contribution is 8.03. The van der Waals surface area contributed by atoms with E-state index in [2.05, 4.69) is 19.2 Å². The van der Waals surface area contributed by atoms with Gasteiger partial charge >= 0.3 is 0 Å². The molecule has 0 saturated heterocycles. The SMILES string of the molecule is COC1NC(=O)C=C1SC(C)C. The van der Waals surface area contributed by atoms with Gasteiger partial charge in [0.15, 0.2) is 6.23 Å². The van der Waals surface area contributed by atoms with Crippen LogP contribution < -0.4 is 5.32 Å². The van der Waals surface area contributed by atoms with Gasteiger partial charge in [0.1, 0.15) is 0 Å². The maximum atomic E-state index is 10.9. The minimum absolute atomic E-state index is 0.0648. The average Bonchev–Trinajstić information content (AvgIpc) is 2.29. The fraction of sp³-hybridized carbons (Fsp3) is 0.625. The highest BCUT2D eigenvalue weighted by atomic mass is 32.2. The number of ether oxygens (including phenoxy) is 1. The minimum Gasteiger partial charge on any atom is -0.357 e. The Morgan fingerprint density at radius 2 is 2.33 bits per heavy atom. The van der Waals surface area contributed by atoms with E-state index in [9.17, 15) is 4.79 Å². The summed E-state index contributed by atoms with van der Waals surface area (Å²) in [5, 5.41) is 3.16. The van der Waals surface area contributed by atoms with Gasteiger partial charge in [0.2, 0.25) is 5.91 Å². The third-order valence-corrected chi connectivity index (χ3v) is 2.49. The standard InChI is InChI=1S/C8H13NO2S/c1-5(2)12-6-4-7(10)9-8(6)11-3/h4-5,8H,1-3H3,(H,9,10). The molecular weight excluding hydrogens is 174 g/mol. The molecule has 1 N–H and O–H groups in total. The van der Waals surface area contributed by atoms with Crippen molar-refractivity contribution in [3.63, 3.8) is 0 Å². The summed E-state index contributed by atoms with van der Waals surface area (Å²) in [7, 11) is 1.59. The molecule has 1 aliphatic heterocycles. The van der Waals surface area contributed by atoms with Crippen molar-refractivity contribution < 1.29 is 9.53 Å². The highest BCUT2D eigenvalue weighted by Gasteiger charge is 2.23. The van der Waals surface area contributed by atoms with Crippen molar-refractivity contribution in [3.05, 3.63) is 11.0 Å². The van der Waals surface area contributed by atoms with Gasteiger partial charge in [-0.3, -0.25) is 4.79 Å². The molecule has 0 aromatic rings. The van der Waals surface area contributed by atoms with E-state index in [1.54, 1.807) is 24.9 Å². The van der Waals surface area contributed by atoms with Gasteiger partial charge in [-0.1, -0.05) is 13.8 Å². The van der Waals surface area contributed by atoms with Gasteiger partial charge < -0.3 is 10.1 Å². The van der Waals surface area contributed by atoms with Gasteiger partial charge in [-0.15, -0.1) is 11.8 Å². The second-order valence-electron chi connectivity index (χ2n) is 2.84. The van der Waals surface area contributed by atoms with Gasteiger partial charge in [-0.2, -0.15) is 0 Å². The Morgan fingerprint density at radius 3 is 2.83 bits per heavy atom.